The second-order valence-corrected chi connectivity index (χ2v) is 7.08. The molecule has 0 saturated heterocycles. The van der Waals surface area contributed by atoms with E-state index in [1.54, 1.807) is 13.3 Å². The smallest absolute Gasteiger partial charge is 0.218 e. The van der Waals surface area contributed by atoms with Crippen molar-refractivity contribution in [2.75, 3.05) is 33.4 Å². The molecule has 0 atom stereocenters. The van der Waals surface area contributed by atoms with Crippen LogP contribution in [0.3, 0.4) is 0 Å². The van der Waals surface area contributed by atoms with E-state index in [-0.39, 0.29) is 0 Å². The summed E-state index contributed by atoms with van der Waals surface area (Å²) in [6, 6.07) is 12.1. The van der Waals surface area contributed by atoms with Gasteiger partial charge in [0, 0.05) is 38.5 Å². The van der Waals surface area contributed by atoms with Gasteiger partial charge in [-0.25, -0.2) is 15.0 Å². The van der Waals surface area contributed by atoms with Gasteiger partial charge < -0.3 is 24.7 Å². The molecule has 0 aliphatic rings. The van der Waals surface area contributed by atoms with E-state index in [1.807, 2.05) is 18.2 Å². The Kier molecular flexibility index (Phi) is 8.66. The predicted octanol–water partition coefficient (Wildman–Crippen LogP) is 2.91. The van der Waals surface area contributed by atoms with Gasteiger partial charge in [0.05, 0.1) is 24.2 Å². The lowest BCUT2D eigenvalue weighted by atomic mass is 10.3. The third kappa shape index (κ3) is 6.42. The standard InChI is InChI=1S/C23H32N6O2/c1-4-24-23(27-17-19-9-7-12-25-22(19)31-16-15-30-3)26-13-8-14-29-18(2)28-20-10-5-6-11-21(20)29/h5-7,9-12H,4,8,13-17H2,1-3H3,(H2,24,26,27). The first kappa shape index (κ1) is 22.6. The van der Waals surface area contributed by atoms with E-state index in [0.29, 0.717) is 25.6 Å². The third-order valence-electron chi connectivity index (χ3n) is 4.82. The van der Waals surface area contributed by atoms with Gasteiger partial charge in [-0.05, 0) is 38.5 Å². The largest absolute Gasteiger partial charge is 0.475 e. The number of methoxy groups -OCH3 is 1. The fourth-order valence-corrected chi connectivity index (χ4v) is 3.32. The molecule has 1 aromatic carbocycles. The second kappa shape index (κ2) is 11.9. The van der Waals surface area contributed by atoms with Gasteiger partial charge in [-0.2, -0.15) is 0 Å². The first-order valence-electron chi connectivity index (χ1n) is 10.7. The maximum absolute atomic E-state index is 5.70. The number of hydrogen-bond donors (Lipinski definition) is 2. The molecule has 0 amide bonds. The molecule has 0 saturated carbocycles. The summed E-state index contributed by atoms with van der Waals surface area (Å²) in [5.41, 5.74) is 3.16. The van der Waals surface area contributed by atoms with Gasteiger partial charge in [-0.1, -0.05) is 18.2 Å². The van der Waals surface area contributed by atoms with Crippen LogP contribution in [0.2, 0.25) is 0 Å². The van der Waals surface area contributed by atoms with Crippen molar-refractivity contribution in [3.05, 3.63) is 54.0 Å². The molecule has 0 aliphatic carbocycles. The average molecular weight is 425 g/mol. The molecule has 0 fully saturated rings. The first-order valence-corrected chi connectivity index (χ1v) is 10.7. The number of ether oxygens (including phenoxy) is 2. The highest BCUT2D eigenvalue weighted by Gasteiger charge is 2.07. The van der Waals surface area contributed by atoms with Crippen LogP contribution < -0.4 is 15.4 Å². The monoisotopic (exact) mass is 424 g/mol. The summed E-state index contributed by atoms with van der Waals surface area (Å²) in [6.45, 7) is 8.08. The van der Waals surface area contributed by atoms with Crippen LogP contribution in [-0.2, 0) is 17.8 Å². The molecule has 166 valence electrons. The van der Waals surface area contributed by atoms with E-state index < -0.39 is 0 Å². The zero-order valence-electron chi connectivity index (χ0n) is 18.6. The van der Waals surface area contributed by atoms with Crippen LogP contribution in [-0.4, -0.2) is 53.9 Å². The van der Waals surface area contributed by atoms with Crippen LogP contribution in [0.15, 0.2) is 47.6 Å². The van der Waals surface area contributed by atoms with Crippen LogP contribution >= 0.6 is 0 Å². The molecule has 3 rings (SSSR count). The van der Waals surface area contributed by atoms with Gasteiger partial charge in [0.1, 0.15) is 12.4 Å². The van der Waals surface area contributed by atoms with Crippen LogP contribution in [0.4, 0.5) is 0 Å². The van der Waals surface area contributed by atoms with E-state index in [4.69, 9.17) is 14.5 Å². The van der Waals surface area contributed by atoms with Crippen molar-refractivity contribution in [1.82, 2.24) is 25.2 Å². The number of imidazole rings is 1. The number of para-hydroxylation sites is 2. The number of guanidine groups is 1. The first-order chi connectivity index (χ1) is 15.2. The zero-order valence-corrected chi connectivity index (χ0v) is 18.6. The second-order valence-electron chi connectivity index (χ2n) is 7.08. The molecular formula is C23H32N6O2. The van der Waals surface area contributed by atoms with Gasteiger partial charge in [0.25, 0.3) is 0 Å². The molecule has 0 spiro atoms. The molecule has 0 unspecified atom stereocenters. The Balaban J connectivity index is 1.55. The quantitative estimate of drug-likeness (QED) is 0.280. The Morgan fingerprint density at radius 3 is 2.84 bits per heavy atom. The number of pyridine rings is 1. The van der Waals surface area contributed by atoms with E-state index in [0.717, 1.165) is 48.9 Å². The molecule has 8 nitrogen and oxygen atoms in total. The number of rotatable bonds is 11. The predicted molar refractivity (Wildman–Crippen MR) is 124 cm³/mol. The summed E-state index contributed by atoms with van der Waals surface area (Å²) in [7, 11) is 1.65. The minimum absolute atomic E-state index is 0.463. The molecular weight excluding hydrogens is 392 g/mol. The molecule has 3 aromatic rings. The Morgan fingerprint density at radius 2 is 2.00 bits per heavy atom. The third-order valence-corrected chi connectivity index (χ3v) is 4.82. The van der Waals surface area contributed by atoms with Crippen molar-refractivity contribution in [3.63, 3.8) is 0 Å². The van der Waals surface area contributed by atoms with Crippen LogP contribution in [0.25, 0.3) is 11.0 Å². The average Bonchev–Trinajstić information content (AvgIpc) is 3.11. The van der Waals surface area contributed by atoms with Crippen molar-refractivity contribution in [3.8, 4) is 5.88 Å². The number of hydrogen-bond acceptors (Lipinski definition) is 5. The fourth-order valence-electron chi connectivity index (χ4n) is 3.32. The summed E-state index contributed by atoms with van der Waals surface area (Å²) in [6.07, 6.45) is 2.69. The molecule has 0 radical (unpaired) electrons. The molecule has 2 aromatic heterocycles. The maximum Gasteiger partial charge on any atom is 0.218 e. The Hall–Kier alpha value is -3.13. The van der Waals surface area contributed by atoms with E-state index >= 15 is 0 Å². The van der Waals surface area contributed by atoms with Crippen molar-refractivity contribution in [2.45, 2.75) is 33.4 Å². The molecule has 31 heavy (non-hydrogen) atoms. The van der Waals surface area contributed by atoms with Gasteiger partial charge in [0.15, 0.2) is 5.96 Å². The maximum atomic E-state index is 5.70. The molecule has 0 aliphatic heterocycles. The van der Waals surface area contributed by atoms with Crippen molar-refractivity contribution in [1.29, 1.82) is 0 Å². The SMILES string of the molecule is CCNC(=NCc1cccnc1OCCOC)NCCCn1c(C)nc2ccccc21. The number of nitrogens with one attached hydrogen (secondary N) is 2. The molecule has 2 N–H and O–H groups in total. The van der Waals surface area contributed by atoms with E-state index in [9.17, 15) is 0 Å². The van der Waals surface area contributed by atoms with Crippen molar-refractivity contribution in [2.24, 2.45) is 4.99 Å². The number of benzene rings is 1. The lowest BCUT2D eigenvalue weighted by Gasteiger charge is -2.13. The normalized spacial score (nSPS) is 11.6. The van der Waals surface area contributed by atoms with Crippen LogP contribution in [0.1, 0.15) is 24.7 Å². The van der Waals surface area contributed by atoms with Crippen molar-refractivity contribution >= 4 is 17.0 Å². The van der Waals surface area contributed by atoms with Gasteiger partial charge in [-0.3, -0.25) is 0 Å². The fraction of sp³-hybridized carbons (Fsp3) is 0.435. The van der Waals surface area contributed by atoms with E-state index in [1.165, 1.54) is 5.52 Å². The number of fused-ring (bicyclic) bond motifs is 1. The molecule has 8 heteroatoms. The lowest BCUT2D eigenvalue weighted by molar-refractivity contribution is 0.143. The minimum Gasteiger partial charge on any atom is -0.475 e. The van der Waals surface area contributed by atoms with Gasteiger partial charge in [0.2, 0.25) is 5.88 Å². The summed E-state index contributed by atoms with van der Waals surface area (Å²) in [5.74, 6) is 2.42. The highest BCUT2D eigenvalue weighted by atomic mass is 16.5. The summed E-state index contributed by atoms with van der Waals surface area (Å²) in [4.78, 5) is 13.6. The number of aromatic nitrogens is 3. The van der Waals surface area contributed by atoms with Crippen LogP contribution in [0, 0.1) is 6.92 Å². The topological polar surface area (TPSA) is 85.6 Å². The van der Waals surface area contributed by atoms with E-state index in [2.05, 4.69) is 57.2 Å². The highest BCUT2D eigenvalue weighted by molar-refractivity contribution is 5.79. The highest BCUT2D eigenvalue weighted by Crippen LogP contribution is 2.16. The van der Waals surface area contributed by atoms with Gasteiger partial charge in [-0.15, -0.1) is 0 Å². The molecule has 2 heterocycles. The summed E-state index contributed by atoms with van der Waals surface area (Å²) in [5, 5.41) is 6.71. The Morgan fingerprint density at radius 1 is 1.13 bits per heavy atom. The van der Waals surface area contributed by atoms with Crippen LogP contribution in [0.5, 0.6) is 5.88 Å². The minimum atomic E-state index is 0.463. The van der Waals surface area contributed by atoms with Gasteiger partial charge >= 0.3 is 0 Å². The lowest BCUT2D eigenvalue weighted by Crippen LogP contribution is -2.38. The summed E-state index contributed by atoms with van der Waals surface area (Å²) >= 11 is 0. The van der Waals surface area contributed by atoms with Crippen molar-refractivity contribution < 1.29 is 9.47 Å². The summed E-state index contributed by atoms with van der Waals surface area (Å²) < 4.78 is 13.0. The Bertz CT molecular complexity index is 985. The zero-order chi connectivity index (χ0) is 21.9. The number of aliphatic imine (C=N–C) groups is 1. The number of nitrogens with zero attached hydrogens (tertiary/aromatic N) is 4. The molecule has 0 bridgehead atoms. The number of aryl methyl sites for hydroxylation is 2. The Labute approximate surface area is 183 Å².